The Balaban J connectivity index is 1.72. The minimum atomic E-state index is -3.77. The average molecular weight is 449 g/mol. The maximum atomic E-state index is 12.7. The minimum absolute atomic E-state index is 0.0154. The van der Waals surface area contributed by atoms with Gasteiger partial charge in [-0.25, -0.2) is 8.42 Å². The van der Waals surface area contributed by atoms with Crippen LogP contribution >= 0.6 is 11.6 Å². The van der Waals surface area contributed by atoms with Gasteiger partial charge in [-0.15, -0.1) is 0 Å². The summed E-state index contributed by atoms with van der Waals surface area (Å²) in [5, 5.41) is 4.21. The van der Waals surface area contributed by atoms with E-state index in [1.165, 1.54) is 12.1 Å². The Hall–Kier alpha value is -2.84. The molecule has 1 aromatic heterocycles. The van der Waals surface area contributed by atoms with Gasteiger partial charge in [0.25, 0.3) is 5.91 Å². The van der Waals surface area contributed by atoms with E-state index in [1.807, 2.05) is 19.1 Å². The maximum Gasteiger partial charge on any atom is 0.321 e. The Bertz CT molecular complexity index is 1230. The molecule has 3 rings (SSSR count). The summed E-state index contributed by atoms with van der Waals surface area (Å²) in [5.41, 5.74) is 3.05. The molecule has 3 aromatic rings. The number of methoxy groups -OCH3 is 1. The van der Waals surface area contributed by atoms with E-state index in [4.69, 9.17) is 11.6 Å². The molecule has 0 unspecified atom stereocenters. The van der Waals surface area contributed by atoms with Gasteiger partial charge in [0.1, 0.15) is 5.69 Å². The van der Waals surface area contributed by atoms with E-state index in [0.717, 1.165) is 23.6 Å². The highest BCUT2D eigenvalue weighted by molar-refractivity contribution is 7.92. The van der Waals surface area contributed by atoms with Crippen molar-refractivity contribution < 1.29 is 22.7 Å². The number of esters is 1. The molecule has 1 heterocycles. The van der Waals surface area contributed by atoms with Gasteiger partial charge in [-0.1, -0.05) is 23.7 Å². The van der Waals surface area contributed by atoms with Crippen molar-refractivity contribution in [3.05, 3.63) is 64.3 Å². The number of amides is 1. The molecule has 9 heteroatoms. The molecule has 0 radical (unpaired) electrons. The van der Waals surface area contributed by atoms with Crippen molar-refractivity contribution >= 4 is 44.2 Å². The minimum Gasteiger partial charge on any atom is -0.468 e. The number of carbonyl (C=O) groups is 2. The standard InChI is InChI=1S/C21H21ClN2O5S/c1-13-8-17(22)16-10-19(24(2)18(16)9-13)21(26)23-11-14-4-6-15(7-5-14)30(27,28)12-20(25)29-3/h4-10H,11-12H2,1-3H3,(H,23,26). The summed E-state index contributed by atoms with van der Waals surface area (Å²) in [6, 6.07) is 11.5. The SMILES string of the molecule is COC(=O)CS(=O)(=O)c1ccc(CNC(=O)c2cc3c(Cl)cc(C)cc3n2C)cc1. The molecule has 1 amide bonds. The predicted molar refractivity (Wildman–Crippen MR) is 114 cm³/mol. The average Bonchev–Trinajstić information content (AvgIpc) is 3.03. The Morgan fingerprint density at radius 1 is 1.13 bits per heavy atom. The number of rotatable bonds is 6. The molecule has 2 aromatic carbocycles. The van der Waals surface area contributed by atoms with Gasteiger partial charge in [0.2, 0.25) is 0 Å². The topological polar surface area (TPSA) is 94.5 Å². The number of hydrogen-bond donors (Lipinski definition) is 1. The van der Waals surface area contributed by atoms with Crippen LogP contribution in [0.2, 0.25) is 5.02 Å². The third kappa shape index (κ3) is 4.49. The second kappa shape index (κ2) is 8.49. The monoisotopic (exact) mass is 448 g/mol. The smallest absolute Gasteiger partial charge is 0.321 e. The number of benzene rings is 2. The molecule has 0 fully saturated rings. The van der Waals surface area contributed by atoms with Gasteiger partial charge < -0.3 is 14.6 Å². The van der Waals surface area contributed by atoms with Crippen LogP contribution in [0.15, 0.2) is 47.4 Å². The van der Waals surface area contributed by atoms with E-state index in [0.29, 0.717) is 16.3 Å². The molecule has 30 heavy (non-hydrogen) atoms. The zero-order chi connectivity index (χ0) is 22.1. The number of carbonyl (C=O) groups excluding carboxylic acids is 2. The van der Waals surface area contributed by atoms with E-state index in [1.54, 1.807) is 29.8 Å². The van der Waals surface area contributed by atoms with Gasteiger partial charge in [0.05, 0.1) is 22.5 Å². The number of sulfone groups is 1. The highest BCUT2D eigenvalue weighted by atomic mass is 35.5. The fraction of sp³-hybridized carbons (Fsp3) is 0.238. The first-order valence-electron chi connectivity index (χ1n) is 9.04. The Morgan fingerprint density at radius 2 is 1.80 bits per heavy atom. The van der Waals surface area contributed by atoms with Crippen LogP contribution in [0.3, 0.4) is 0 Å². The first-order chi connectivity index (χ1) is 14.1. The van der Waals surface area contributed by atoms with Crippen molar-refractivity contribution in [1.29, 1.82) is 0 Å². The molecule has 0 spiro atoms. The van der Waals surface area contributed by atoms with Crippen molar-refractivity contribution in [2.24, 2.45) is 7.05 Å². The van der Waals surface area contributed by atoms with E-state index < -0.39 is 21.6 Å². The quantitative estimate of drug-likeness (QED) is 0.585. The van der Waals surface area contributed by atoms with Crippen LogP contribution < -0.4 is 5.32 Å². The fourth-order valence-corrected chi connectivity index (χ4v) is 4.59. The van der Waals surface area contributed by atoms with Gasteiger partial charge in [-0.2, -0.15) is 0 Å². The normalized spacial score (nSPS) is 11.5. The summed E-state index contributed by atoms with van der Waals surface area (Å²) in [6.45, 7) is 2.15. The van der Waals surface area contributed by atoms with Crippen LogP contribution in [0.1, 0.15) is 21.6 Å². The number of halogens is 1. The van der Waals surface area contributed by atoms with Crippen molar-refractivity contribution in [3.63, 3.8) is 0 Å². The Labute approximate surface area is 179 Å². The third-order valence-electron chi connectivity index (χ3n) is 4.76. The summed E-state index contributed by atoms with van der Waals surface area (Å²) in [6.07, 6.45) is 0. The molecular formula is C21H21ClN2O5S. The van der Waals surface area contributed by atoms with E-state index in [-0.39, 0.29) is 17.3 Å². The number of ether oxygens (including phenoxy) is 1. The molecule has 0 bridgehead atoms. The number of aryl methyl sites for hydroxylation is 2. The zero-order valence-corrected chi connectivity index (χ0v) is 18.3. The number of nitrogens with zero attached hydrogens (tertiary/aromatic N) is 1. The van der Waals surface area contributed by atoms with Gasteiger partial charge in [0.15, 0.2) is 15.6 Å². The van der Waals surface area contributed by atoms with Crippen LogP contribution in [-0.2, 0) is 33.0 Å². The first-order valence-corrected chi connectivity index (χ1v) is 11.1. The summed E-state index contributed by atoms with van der Waals surface area (Å²) >= 11 is 6.29. The van der Waals surface area contributed by atoms with Gasteiger partial charge in [0, 0.05) is 19.0 Å². The zero-order valence-electron chi connectivity index (χ0n) is 16.7. The van der Waals surface area contributed by atoms with Crippen LogP contribution in [0.5, 0.6) is 0 Å². The lowest BCUT2D eigenvalue weighted by molar-refractivity contribution is -0.137. The Kier molecular flexibility index (Phi) is 6.19. The van der Waals surface area contributed by atoms with Crippen LogP contribution in [0.4, 0.5) is 0 Å². The van der Waals surface area contributed by atoms with Crippen molar-refractivity contribution in [1.82, 2.24) is 9.88 Å². The molecule has 0 aliphatic carbocycles. The number of hydrogen-bond acceptors (Lipinski definition) is 5. The molecule has 0 saturated heterocycles. The summed E-state index contributed by atoms with van der Waals surface area (Å²) in [7, 11) is -0.835. The molecular weight excluding hydrogens is 428 g/mol. The van der Waals surface area contributed by atoms with Gasteiger partial charge in [-0.05, 0) is 48.4 Å². The molecule has 0 aliphatic rings. The molecule has 0 saturated carbocycles. The second-order valence-corrected chi connectivity index (χ2v) is 9.33. The lowest BCUT2D eigenvalue weighted by Gasteiger charge is -2.08. The first kappa shape index (κ1) is 21.9. The summed E-state index contributed by atoms with van der Waals surface area (Å²) < 4.78 is 30.5. The van der Waals surface area contributed by atoms with E-state index >= 15 is 0 Å². The molecule has 158 valence electrons. The van der Waals surface area contributed by atoms with Gasteiger partial charge >= 0.3 is 5.97 Å². The van der Waals surface area contributed by atoms with Crippen LogP contribution in [-0.4, -0.2) is 37.7 Å². The van der Waals surface area contributed by atoms with Crippen LogP contribution in [0.25, 0.3) is 10.9 Å². The fourth-order valence-electron chi connectivity index (χ4n) is 3.12. The van der Waals surface area contributed by atoms with Crippen LogP contribution in [0, 0.1) is 6.92 Å². The summed E-state index contributed by atoms with van der Waals surface area (Å²) in [4.78, 5) is 23.9. The highest BCUT2D eigenvalue weighted by Crippen LogP contribution is 2.28. The lowest BCUT2D eigenvalue weighted by atomic mass is 10.2. The Morgan fingerprint density at radius 3 is 2.43 bits per heavy atom. The van der Waals surface area contributed by atoms with Gasteiger partial charge in [-0.3, -0.25) is 9.59 Å². The molecule has 1 N–H and O–H groups in total. The number of nitrogens with one attached hydrogen (secondary N) is 1. The highest BCUT2D eigenvalue weighted by Gasteiger charge is 2.20. The lowest BCUT2D eigenvalue weighted by Crippen LogP contribution is -2.24. The van der Waals surface area contributed by atoms with Crippen molar-refractivity contribution in [3.8, 4) is 0 Å². The molecule has 0 atom stereocenters. The number of aromatic nitrogens is 1. The predicted octanol–water partition coefficient (Wildman–Crippen LogP) is 3.02. The van der Waals surface area contributed by atoms with Crippen molar-refractivity contribution in [2.75, 3.05) is 12.9 Å². The van der Waals surface area contributed by atoms with E-state index in [9.17, 15) is 18.0 Å². The molecule has 7 nitrogen and oxygen atoms in total. The van der Waals surface area contributed by atoms with E-state index in [2.05, 4.69) is 10.1 Å². The third-order valence-corrected chi connectivity index (χ3v) is 6.68. The maximum absolute atomic E-state index is 12.7. The second-order valence-electron chi connectivity index (χ2n) is 6.93. The number of fused-ring (bicyclic) bond motifs is 1. The van der Waals surface area contributed by atoms with Crippen molar-refractivity contribution in [2.45, 2.75) is 18.4 Å². The summed E-state index contributed by atoms with van der Waals surface area (Å²) in [5.74, 6) is -1.82. The molecule has 0 aliphatic heterocycles. The largest absolute Gasteiger partial charge is 0.468 e.